The van der Waals surface area contributed by atoms with Crippen molar-refractivity contribution in [3.63, 3.8) is 0 Å². The Kier molecular flexibility index (Phi) is 4.85. The van der Waals surface area contributed by atoms with Crippen molar-refractivity contribution in [3.8, 4) is 11.3 Å². The van der Waals surface area contributed by atoms with Gasteiger partial charge >= 0.3 is 0 Å². The number of nitrogens with zero attached hydrogens (tertiary/aromatic N) is 2. The van der Waals surface area contributed by atoms with Crippen LogP contribution < -0.4 is 5.56 Å². The Balaban J connectivity index is 1.98. The molecule has 0 fully saturated rings. The second-order valence-electron chi connectivity index (χ2n) is 6.71. The fourth-order valence-electron chi connectivity index (χ4n) is 2.83. The van der Waals surface area contributed by atoms with Crippen LogP contribution in [0.4, 0.5) is 0 Å². The minimum Gasteiger partial charge on any atom is -0.292 e. The van der Waals surface area contributed by atoms with Crippen molar-refractivity contribution in [3.05, 3.63) is 87.2 Å². The molecule has 0 saturated carbocycles. The highest BCUT2D eigenvalue weighted by atomic mass is 16.1. The summed E-state index contributed by atoms with van der Waals surface area (Å²) in [5.41, 5.74) is 5.23. The van der Waals surface area contributed by atoms with Gasteiger partial charge < -0.3 is 0 Å². The summed E-state index contributed by atoms with van der Waals surface area (Å²) in [7, 11) is 0. The van der Waals surface area contributed by atoms with Gasteiger partial charge in [-0.05, 0) is 51.0 Å². The van der Waals surface area contributed by atoms with Gasteiger partial charge in [0.25, 0.3) is 5.56 Å². The summed E-state index contributed by atoms with van der Waals surface area (Å²) in [6.45, 7) is 7.70. The van der Waals surface area contributed by atoms with Crippen LogP contribution in [0.5, 0.6) is 0 Å². The lowest BCUT2D eigenvalue weighted by atomic mass is 10.0. The van der Waals surface area contributed by atoms with Crippen LogP contribution in [-0.4, -0.2) is 15.6 Å². The first-order valence-corrected chi connectivity index (χ1v) is 8.65. The Morgan fingerprint density at radius 3 is 2.27 bits per heavy atom. The minimum atomic E-state index is -0.671. The molecule has 4 heteroatoms. The first kappa shape index (κ1) is 17.8. The van der Waals surface area contributed by atoms with E-state index in [-0.39, 0.29) is 11.3 Å². The van der Waals surface area contributed by atoms with Gasteiger partial charge in [0.15, 0.2) is 5.78 Å². The Bertz CT molecular complexity index is 1020. The molecular weight excluding hydrogens is 324 g/mol. The van der Waals surface area contributed by atoms with E-state index in [1.807, 2.05) is 57.2 Å². The molecule has 0 N–H and O–H groups in total. The van der Waals surface area contributed by atoms with Crippen LogP contribution in [0.25, 0.3) is 11.3 Å². The molecule has 1 atom stereocenters. The Hall–Kier alpha value is -3.01. The molecule has 0 saturated heterocycles. The average Bonchev–Trinajstić information content (AvgIpc) is 2.64. The zero-order chi connectivity index (χ0) is 18.8. The van der Waals surface area contributed by atoms with E-state index >= 15 is 0 Å². The van der Waals surface area contributed by atoms with Crippen LogP contribution in [0.3, 0.4) is 0 Å². The number of Topliss-reactive ketones (excluding diaryl/α,β-unsaturated/α-hetero) is 1. The van der Waals surface area contributed by atoms with Crippen LogP contribution in [0.15, 0.2) is 59.4 Å². The van der Waals surface area contributed by atoms with E-state index in [0.29, 0.717) is 11.3 Å². The van der Waals surface area contributed by atoms with Crippen molar-refractivity contribution in [2.24, 2.45) is 0 Å². The lowest BCUT2D eigenvalue weighted by molar-refractivity contribution is 0.0925. The molecule has 4 nitrogen and oxygen atoms in total. The third kappa shape index (κ3) is 3.49. The van der Waals surface area contributed by atoms with Gasteiger partial charge in [0.1, 0.15) is 6.04 Å². The van der Waals surface area contributed by atoms with Gasteiger partial charge in [-0.1, -0.05) is 42.0 Å². The summed E-state index contributed by atoms with van der Waals surface area (Å²) in [5.74, 6) is -0.122. The first-order valence-electron chi connectivity index (χ1n) is 8.65. The second kappa shape index (κ2) is 7.08. The topological polar surface area (TPSA) is 52.0 Å². The summed E-state index contributed by atoms with van der Waals surface area (Å²) >= 11 is 0. The Morgan fingerprint density at radius 2 is 1.62 bits per heavy atom. The van der Waals surface area contributed by atoms with Gasteiger partial charge in [-0.2, -0.15) is 5.10 Å². The average molecular weight is 346 g/mol. The van der Waals surface area contributed by atoms with Crippen LogP contribution >= 0.6 is 0 Å². The molecule has 1 heterocycles. The van der Waals surface area contributed by atoms with Gasteiger partial charge in [-0.15, -0.1) is 0 Å². The molecule has 1 aromatic heterocycles. The first-order chi connectivity index (χ1) is 12.4. The maximum absolute atomic E-state index is 12.9. The molecule has 0 aliphatic rings. The number of aromatic nitrogens is 2. The van der Waals surface area contributed by atoms with Crippen molar-refractivity contribution < 1.29 is 4.79 Å². The molecule has 0 spiro atoms. The number of hydrogen-bond donors (Lipinski definition) is 0. The van der Waals surface area contributed by atoms with Crippen molar-refractivity contribution >= 4 is 5.78 Å². The highest BCUT2D eigenvalue weighted by Gasteiger charge is 2.20. The monoisotopic (exact) mass is 346 g/mol. The molecule has 0 amide bonds. The van der Waals surface area contributed by atoms with Crippen molar-refractivity contribution in [1.82, 2.24) is 9.78 Å². The summed E-state index contributed by atoms with van der Waals surface area (Å²) in [4.78, 5) is 25.2. The summed E-state index contributed by atoms with van der Waals surface area (Å²) in [5, 5.41) is 4.44. The number of carbonyl (C=O) groups is 1. The van der Waals surface area contributed by atoms with E-state index in [0.717, 1.165) is 22.3 Å². The number of aryl methyl sites for hydroxylation is 3. The predicted octanol–water partition coefficient (Wildman–Crippen LogP) is 4.28. The van der Waals surface area contributed by atoms with Crippen LogP contribution in [0.2, 0.25) is 0 Å². The van der Waals surface area contributed by atoms with Crippen molar-refractivity contribution in [2.45, 2.75) is 33.7 Å². The quantitative estimate of drug-likeness (QED) is 0.663. The van der Waals surface area contributed by atoms with Crippen molar-refractivity contribution in [1.29, 1.82) is 0 Å². The zero-order valence-corrected chi connectivity index (χ0v) is 15.5. The van der Waals surface area contributed by atoms with Gasteiger partial charge in [0.05, 0.1) is 5.69 Å². The highest BCUT2D eigenvalue weighted by molar-refractivity contribution is 5.98. The van der Waals surface area contributed by atoms with Gasteiger partial charge in [-0.3, -0.25) is 9.59 Å². The van der Waals surface area contributed by atoms with Crippen LogP contribution in [0.1, 0.15) is 40.0 Å². The van der Waals surface area contributed by atoms with E-state index in [1.165, 1.54) is 10.7 Å². The Morgan fingerprint density at radius 1 is 0.923 bits per heavy atom. The smallest absolute Gasteiger partial charge is 0.267 e. The van der Waals surface area contributed by atoms with E-state index in [1.54, 1.807) is 19.1 Å². The molecule has 0 aliphatic heterocycles. The lowest BCUT2D eigenvalue weighted by Crippen LogP contribution is -2.30. The van der Waals surface area contributed by atoms with E-state index in [2.05, 4.69) is 5.10 Å². The molecule has 132 valence electrons. The molecule has 3 aromatic rings. The van der Waals surface area contributed by atoms with Crippen LogP contribution in [0, 0.1) is 20.8 Å². The number of ketones is 1. The summed E-state index contributed by atoms with van der Waals surface area (Å²) < 4.78 is 1.27. The number of benzene rings is 2. The summed E-state index contributed by atoms with van der Waals surface area (Å²) in [6.07, 6.45) is 0. The molecular formula is C22H22N2O2. The molecule has 0 bridgehead atoms. The zero-order valence-electron chi connectivity index (χ0n) is 15.5. The highest BCUT2D eigenvalue weighted by Crippen LogP contribution is 2.19. The Labute approximate surface area is 153 Å². The third-order valence-electron chi connectivity index (χ3n) is 4.71. The second-order valence-corrected chi connectivity index (χ2v) is 6.71. The van der Waals surface area contributed by atoms with Gasteiger partial charge in [0, 0.05) is 17.2 Å². The molecule has 26 heavy (non-hydrogen) atoms. The fraction of sp³-hybridized carbons (Fsp3) is 0.227. The normalized spacial score (nSPS) is 12.0. The SMILES string of the molecule is Cc1ccc(-c2ccc(=O)n([C@H](C)C(=O)c3ccc(C)c(C)c3)n2)cc1. The third-order valence-corrected chi connectivity index (χ3v) is 4.71. The maximum atomic E-state index is 12.9. The fourth-order valence-corrected chi connectivity index (χ4v) is 2.83. The predicted molar refractivity (Wildman–Crippen MR) is 104 cm³/mol. The minimum absolute atomic E-state index is 0.122. The van der Waals surface area contributed by atoms with E-state index < -0.39 is 6.04 Å². The molecule has 3 rings (SSSR count). The molecule has 2 aromatic carbocycles. The van der Waals surface area contributed by atoms with Crippen LogP contribution in [-0.2, 0) is 0 Å². The van der Waals surface area contributed by atoms with Gasteiger partial charge in [-0.25, -0.2) is 4.68 Å². The van der Waals surface area contributed by atoms with Gasteiger partial charge in [0.2, 0.25) is 0 Å². The van der Waals surface area contributed by atoms with E-state index in [4.69, 9.17) is 0 Å². The standard InChI is InChI=1S/C22H22N2O2/c1-14-5-8-18(9-6-14)20-11-12-21(25)24(23-20)17(4)22(26)19-10-7-15(2)16(3)13-19/h5-13,17H,1-4H3/t17-/m1/s1. The lowest BCUT2D eigenvalue weighted by Gasteiger charge is -2.15. The summed E-state index contributed by atoms with van der Waals surface area (Å²) in [6, 6.07) is 16.0. The molecule has 0 unspecified atom stereocenters. The molecule has 0 aliphatic carbocycles. The molecule has 0 radical (unpaired) electrons. The van der Waals surface area contributed by atoms with Crippen molar-refractivity contribution in [2.75, 3.05) is 0 Å². The maximum Gasteiger partial charge on any atom is 0.267 e. The van der Waals surface area contributed by atoms with E-state index in [9.17, 15) is 9.59 Å². The largest absolute Gasteiger partial charge is 0.292 e. The number of hydrogen-bond acceptors (Lipinski definition) is 3. The number of rotatable bonds is 4. The number of carbonyl (C=O) groups excluding carboxylic acids is 1.